The molecule has 0 aliphatic carbocycles. The first-order valence-electron chi connectivity index (χ1n) is 8.06. The summed E-state index contributed by atoms with van der Waals surface area (Å²) in [5, 5.41) is 1.34. The van der Waals surface area contributed by atoms with Gasteiger partial charge in [0.05, 0.1) is 6.10 Å². The Morgan fingerprint density at radius 1 is 1.20 bits per heavy atom. The molecule has 5 heteroatoms. The molecule has 0 aliphatic rings. The number of carbonyl (C=O) groups excluding carboxylic acids is 1. The predicted molar refractivity (Wildman–Crippen MR) is 97.3 cm³/mol. The van der Waals surface area contributed by atoms with Gasteiger partial charge in [0.1, 0.15) is 29.3 Å². The number of rotatable bonds is 5. The zero-order valence-corrected chi connectivity index (χ0v) is 15.1. The van der Waals surface area contributed by atoms with Crippen molar-refractivity contribution in [2.45, 2.75) is 33.5 Å². The van der Waals surface area contributed by atoms with Gasteiger partial charge in [-0.2, -0.15) is 0 Å². The van der Waals surface area contributed by atoms with E-state index in [4.69, 9.17) is 25.5 Å². The van der Waals surface area contributed by atoms with E-state index < -0.39 is 5.97 Å². The van der Waals surface area contributed by atoms with Gasteiger partial charge in [-0.1, -0.05) is 29.8 Å². The maximum Gasteiger partial charge on any atom is 0.342 e. The lowest BCUT2D eigenvalue weighted by molar-refractivity contribution is 0.0378. The molecule has 0 saturated heterocycles. The summed E-state index contributed by atoms with van der Waals surface area (Å²) in [5.41, 5.74) is 1.96. The van der Waals surface area contributed by atoms with Crippen molar-refractivity contribution in [3.05, 3.63) is 64.4 Å². The van der Waals surface area contributed by atoms with Gasteiger partial charge >= 0.3 is 5.97 Å². The monoisotopic (exact) mass is 358 g/mol. The van der Waals surface area contributed by atoms with Gasteiger partial charge in [-0.05, 0) is 45.0 Å². The second-order valence-corrected chi connectivity index (χ2v) is 6.43. The number of aryl methyl sites for hydroxylation is 1. The SMILES string of the molecule is Cc1oc2ccc(OCc3ccccc3Cl)cc2c1C(=O)OC(C)C. The Morgan fingerprint density at radius 2 is 1.96 bits per heavy atom. The smallest absolute Gasteiger partial charge is 0.342 e. The maximum absolute atomic E-state index is 12.3. The van der Waals surface area contributed by atoms with Crippen molar-refractivity contribution in [3.63, 3.8) is 0 Å². The Kier molecular flexibility index (Phi) is 5.00. The molecule has 0 unspecified atom stereocenters. The van der Waals surface area contributed by atoms with E-state index in [1.807, 2.05) is 38.1 Å². The van der Waals surface area contributed by atoms with Crippen molar-refractivity contribution in [2.75, 3.05) is 0 Å². The maximum atomic E-state index is 12.3. The van der Waals surface area contributed by atoms with Crippen LogP contribution in [0, 0.1) is 6.92 Å². The van der Waals surface area contributed by atoms with Crippen molar-refractivity contribution in [1.29, 1.82) is 0 Å². The molecule has 130 valence electrons. The number of benzene rings is 2. The third-order valence-electron chi connectivity index (χ3n) is 3.73. The van der Waals surface area contributed by atoms with Gasteiger partial charge in [-0.3, -0.25) is 0 Å². The van der Waals surface area contributed by atoms with Gasteiger partial charge < -0.3 is 13.9 Å². The van der Waals surface area contributed by atoms with Crippen LogP contribution in [0.25, 0.3) is 11.0 Å². The van der Waals surface area contributed by atoms with Gasteiger partial charge in [-0.15, -0.1) is 0 Å². The molecule has 2 aromatic carbocycles. The lowest BCUT2D eigenvalue weighted by Crippen LogP contribution is -2.12. The van der Waals surface area contributed by atoms with Crippen molar-refractivity contribution < 1.29 is 18.7 Å². The fourth-order valence-corrected chi connectivity index (χ4v) is 2.78. The summed E-state index contributed by atoms with van der Waals surface area (Å²) in [4.78, 5) is 12.3. The van der Waals surface area contributed by atoms with E-state index in [1.165, 1.54) is 0 Å². The average molecular weight is 359 g/mol. The van der Waals surface area contributed by atoms with Crippen molar-refractivity contribution >= 4 is 28.5 Å². The summed E-state index contributed by atoms with van der Waals surface area (Å²) in [5.74, 6) is 0.769. The molecule has 0 N–H and O–H groups in total. The molecule has 0 atom stereocenters. The van der Waals surface area contributed by atoms with E-state index in [0.717, 1.165) is 5.56 Å². The molecule has 0 aliphatic heterocycles. The van der Waals surface area contributed by atoms with Crippen LogP contribution in [0.1, 0.15) is 35.5 Å². The molecule has 4 nitrogen and oxygen atoms in total. The van der Waals surface area contributed by atoms with Crippen LogP contribution in [0.5, 0.6) is 5.75 Å². The molecule has 25 heavy (non-hydrogen) atoms. The summed E-state index contributed by atoms with van der Waals surface area (Å²) in [6.07, 6.45) is -0.198. The van der Waals surface area contributed by atoms with Gasteiger partial charge in [-0.25, -0.2) is 4.79 Å². The first-order valence-corrected chi connectivity index (χ1v) is 8.44. The number of carbonyl (C=O) groups is 1. The zero-order valence-electron chi connectivity index (χ0n) is 14.3. The van der Waals surface area contributed by atoms with Crippen LogP contribution in [0.15, 0.2) is 46.9 Å². The van der Waals surface area contributed by atoms with Crippen LogP contribution in [0.4, 0.5) is 0 Å². The normalized spacial score (nSPS) is 11.1. The van der Waals surface area contributed by atoms with Crippen LogP contribution in [0.2, 0.25) is 5.02 Å². The first kappa shape index (κ1) is 17.4. The number of esters is 1. The number of fused-ring (bicyclic) bond motifs is 1. The van der Waals surface area contributed by atoms with Crippen LogP contribution in [-0.4, -0.2) is 12.1 Å². The highest BCUT2D eigenvalue weighted by Gasteiger charge is 2.21. The van der Waals surface area contributed by atoms with E-state index in [9.17, 15) is 4.79 Å². The van der Waals surface area contributed by atoms with Gasteiger partial charge in [0, 0.05) is 16.0 Å². The van der Waals surface area contributed by atoms with Crippen molar-refractivity contribution in [3.8, 4) is 5.75 Å². The standard InChI is InChI=1S/C20H19ClO4/c1-12(2)24-20(22)19-13(3)25-18-9-8-15(10-16(18)19)23-11-14-6-4-5-7-17(14)21/h4-10,12H,11H2,1-3H3. The molecule has 1 heterocycles. The minimum absolute atomic E-state index is 0.198. The lowest BCUT2D eigenvalue weighted by Gasteiger charge is -2.09. The van der Waals surface area contributed by atoms with E-state index in [0.29, 0.717) is 39.7 Å². The molecular formula is C20H19ClO4. The largest absolute Gasteiger partial charge is 0.489 e. The summed E-state index contributed by atoms with van der Waals surface area (Å²) < 4.78 is 16.8. The molecule has 0 saturated carbocycles. The number of furan rings is 1. The molecule has 0 spiro atoms. The fourth-order valence-electron chi connectivity index (χ4n) is 2.59. The molecule has 3 aromatic rings. The Hall–Kier alpha value is -2.46. The minimum atomic E-state index is -0.394. The Morgan fingerprint density at radius 3 is 2.68 bits per heavy atom. The first-order chi connectivity index (χ1) is 12.0. The highest BCUT2D eigenvalue weighted by Crippen LogP contribution is 2.30. The quantitative estimate of drug-likeness (QED) is 0.562. The highest BCUT2D eigenvalue weighted by molar-refractivity contribution is 6.31. The molecule has 3 rings (SSSR count). The van der Waals surface area contributed by atoms with E-state index in [-0.39, 0.29) is 6.10 Å². The summed E-state index contributed by atoms with van der Waals surface area (Å²) >= 11 is 6.15. The molecule has 0 bridgehead atoms. The Balaban J connectivity index is 1.88. The van der Waals surface area contributed by atoms with Gasteiger partial charge in [0.15, 0.2) is 0 Å². The molecular weight excluding hydrogens is 340 g/mol. The number of hydrogen-bond donors (Lipinski definition) is 0. The van der Waals surface area contributed by atoms with E-state index in [1.54, 1.807) is 25.1 Å². The zero-order chi connectivity index (χ0) is 18.0. The molecule has 0 amide bonds. The number of hydrogen-bond acceptors (Lipinski definition) is 4. The van der Waals surface area contributed by atoms with Crippen molar-refractivity contribution in [2.24, 2.45) is 0 Å². The molecule has 0 fully saturated rings. The lowest BCUT2D eigenvalue weighted by atomic mass is 10.1. The Bertz CT molecular complexity index is 911. The summed E-state index contributed by atoms with van der Waals surface area (Å²) in [6, 6.07) is 12.9. The minimum Gasteiger partial charge on any atom is -0.489 e. The fraction of sp³-hybridized carbons (Fsp3) is 0.250. The Labute approximate surface area is 151 Å². The van der Waals surface area contributed by atoms with Crippen LogP contribution >= 0.6 is 11.6 Å². The number of ether oxygens (including phenoxy) is 2. The van der Waals surface area contributed by atoms with Crippen LogP contribution < -0.4 is 4.74 Å². The number of halogens is 1. The van der Waals surface area contributed by atoms with E-state index >= 15 is 0 Å². The second kappa shape index (κ2) is 7.19. The topological polar surface area (TPSA) is 48.7 Å². The summed E-state index contributed by atoms with van der Waals surface area (Å²) in [7, 11) is 0. The highest BCUT2D eigenvalue weighted by atomic mass is 35.5. The van der Waals surface area contributed by atoms with Gasteiger partial charge in [0.25, 0.3) is 0 Å². The van der Waals surface area contributed by atoms with Crippen LogP contribution in [0.3, 0.4) is 0 Å². The third kappa shape index (κ3) is 3.80. The second-order valence-electron chi connectivity index (χ2n) is 6.03. The summed E-state index contributed by atoms with van der Waals surface area (Å²) in [6.45, 7) is 5.72. The third-order valence-corrected chi connectivity index (χ3v) is 4.10. The molecule has 1 aromatic heterocycles. The average Bonchev–Trinajstić information content (AvgIpc) is 2.88. The van der Waals surface area contributed by atoms with E-state index in [2.05, 4.69) is 0 Å². The van der Waals surface area contributed by atoms with Crippen LogP contribution in [-0.2, 0) is 11.3 Å². The predicted octanol–water partition coefficient (Wildman–Crippen LogP) is 5.54. The van der Waals surface area contributed by atoms with Gasteiger partial charge in [0.2, 0.25) is 0 Å². The molecule has 0 radical (unpaired) electrons. The van der Waals surface area contributed by atoms with Crippen molar-refractivity contribution in [1.82, 2.24) is 0 Å².